The van der Waals surface area contributed by atoms with E-state index in [0.717, 1.165) is 6.07 Å². The minimum absolute atomic E-state index is 0. The van der Waals surface area contributed by atoms with Crippen molar-refractivity contribution in [3.63, 3.8) is 0 Å². The van der Waals surface area contributed by atoms with Gasteiger partial charge in [0.25, 0.3) is 10.1 Å². The summed E-state index contributed by atoms with van der Waals surface area (Å²) in [5.41, 5.74) is -0.867. The summed E-state index contributed by atoms with van der Waals surface area (Å²) in [6.07, 6.45) is 0.145. The molecule has 0 fully saturated rings. The summed E-state index contributed by atoms with van der Waals surface area (Å²) < 4.78 is 31.8. The molecule has 21 heavy (non-hydrogen) atoms. The van der Waals surface area contributed by atoms with Crippen molar-refractivity contribution in [1.29, 1.82) is 0 Å². The van der Waals surface area contributed by atoms with Gasteiger partial charge < -0.3 is 10.2 Å². The van der Waals surface area contributed by atoms with Crippen LogP contribution in [-0.4, -0.2) is 64.7 Å². The van der Waals surface area contributed by atoms with Gasteiger partial charge in [0.1, 0.15) is 0 Å². The first kappa shape index (κ1) is 20.1. The molecule has 0 saturated carbocycles. The van der Waals surface area contributed by atoms with Crippen LogP contribution in [0.25, 0.3) is 0 Å². The molecule has 0 bridgehead atoms. The van der Waals surface area contributed by atoms with Gasteiger partial charge in [-0.2, -0.15) is 8.42 Å². The molecule has 7 nitrogen and oxygen atoms in total. The molecule has 0 aromatic heterocycles. The number of benzene rings is 1. The third kappa shape index (κ3) is 4.04. The van der Waals surface area contributed by atoms with Gasteiger partial charge >= 0.3 is 41.5 Å². The van der Waals surface area contributed by atoms with Crippen molar-refractivity contribution >= 4 is 51.6 Å². The Labute approximate surface area is 144 Å². The molecule has 1 aromatic rings. The third-order valence-electron chi connectivity index (χ3n) is 2.93. The number of carboxylic acid groups (broad SMARTS) is 2. The molecule has 0 radical (unpaired) electrons. The fourth-order valence-corrected chi connectivity index (χ4v) is 2.97. The topological polar surface area (TPSA) is 129 Å². The Kier molecular flexibility index (Phi) is 7.04. The summed E-state index contributed by atoms with van der Waals surface area (Å²) in [6.45, 7) is 3.09. The van der Waals surface area contributed by atoms with Crippen LogP contribution < -0.4 is 0 Å². The van der Waals surface area contributed by atoms with Gasteiger partial charge in [0.2, 0.25) is 0 Å². The zero-order chi connectivity index (χ0) is 15.7. The Morgan fingerprint density at radius 1 is 1.05 bits per heavy atom. The second kappa shape index (κ2) is 7.37. The van der Waals surface area contributed by atoms with Crippen LogP contribution in [0.4, 0.5) is 0 Å². The normalized spacial score (nSPS) is 10.8. The molecule has 9 heteroatoms. The predicted molar refractivity (Wildman–Crippen MR) is 76.1 cm³/mol. The van der Waals surface area contributed by atoms with E-state index in [-0.39, 0.29) is 59.1 Å². The van der Waals surface area contributed by atoms with Gasteiger partial charge in [0, 0.05) is 0 Å². The second-order valence-corrected chi connectivity index (χ2v) is 5.44. The number of hydrogen-bond donors (Lipinski definition) is 3. The zero-order valence-electron chi connectivity index (χ0n) is 10.9. The number of hydrogen-bond acceptors (Lipinski definition) is 4. The Balaban J connectivity index is 0.00000400. The molecule has 0 atom stereocenters. The molecule has 0 unspecified atom stereocenters. The Morgan fingerprint density at radius 2 is 1.52 bits per heavy atom. The van der Waals surface area contributed by atoms with Gasteiger partial charge in [-0.25, -0.2) is 9.59 Å². The van der Waals surface area contributed by atoms with Gasteiger partial charge in [-0.3, -0.25) is 4.55 Å². The first-order chi connectivity index (χ1) is 9.15. The van der Waals surface area contributed by atoms with Crippen LogP contribution in [0.15, 0.2) is 11.0 Å². The predicted octanol–water partition coefficient (Wildman–Crippen LogP) is 0.806. The van der Waals surface area contributed by atoms with E-state index < -0.39 is 32.5 Å². The molecule has 0 aliphatic carbocycles. The second-order valence-electron chi connectivity index (χ2n) is 4.05. The average molecular weight is 326 g/mol. The number of carboxylic acids is 2. The number of aromatic carboxylic acids is 2. The molecule has 0 aliphatic rings. The van der Waals surface area contributed by atoms with E-state index in [1.807, 2.05) is 0 Å². The van der Waals surface area contributed by atoms with Crippen LogP contribution in [0.2, 0.25) is 0 Å². The molecule has 0 heterocycles. The maximum atomic E-state index is 11.3. The van der Waals surface area contributed by atoms with Crippen molar-refractivity contribution in [1.82, 2.24) is 0 Å². The van der Waals surface area contributed by atoms with Crippen molar-refractivity contribution < 1.29 is 32.8 Å². The first-order valence-corrected chi connectivity index (χ1v) is 7.21. The van der Waals surface area contributed by atoms with Gasteiger partial charge in [-0.1, -0.05) is 13.8 Å². The third-order valence-corrected chi connectivity index (χ3v) is 3.85. The molecule has 1 aromatic carbocycles. The fourth-order valence-electron chi connectivity index (χ4n) is 2.14. The van der Waals surface area contributed by atoms with Crippen molar-refractivity contribution in [3.8, 4) is 0 Å². The van der Waals surface area contributed by atoms with E-state index in [1.165, 1.54) is 6.92 Å². The molecule has 0 aliphatic heterocycles. The van der Waals surface area contributed by atoms with E-state index in [9.17, 15) is 23.1 Å². The molecule has 0 amide bonds. The molecular formula is C12H15NaO7S. The van der Waals surface area contributed by atoms with E-state index in [1.54, 1.807) is 6.92 Å². The molecule has 1 rings (SSSR count). The summed E-state index contributed by atoms with van der Waals surface area (Å²) in [7, 11) is -4.71. The van der Waals surface area contributed by atoms with Crippen molar-refractivity contribution in [2.45, 2.75) is 31.6 Å². The van der Waals surface area contributed by atoms with Gasteiger partial charge in [0.05, 0.1) is 16.0 Å². The standard InChI is InChI=1S/C12H14O7S.Na.H/c1-3-6-8(11(13)14)5-9(20(17,18)19)7(4-2)10(6)12(15)16;;/h5H,3-4H2,1-2H3,(H,13,14)(H,15,16)(H,17,18,19);;. The molecule has 0 spiro atoms. The van der Waals surface area contributed by atoms with Crippen molar-refractivity contribution in [2.75, 3.05) is 0 Å². The van der Waals surface area contributed by atoms with E-state index >= 15 is 0 Å². The number of rotatable bonds is 5. The molecule has 3 N–H and O–H groups in total. The van der Waals surface area contributed by atoms with Crippen LogP contribution in [0, 0.1) is 0 Å². The molecule has 0 saturated heterocycles. The number of carbonyl (C=O) groups is 2. The zero-order valence-corrected chi connectivity index (χ0v) is 11.7. The molecule has 112 valence electrons. The summed E-state index contributed by atoms with van der Waals surface area (Å²) in [5.74, 6) is -2.87. The monoisotopic (exact) mass is 326 g/mol. The Bertz CT molecular complexity index is 679. The van der Waals surface area contributed by atoms with Crippen LogP contribution in [-0.2, 0) is 23.0 Å². The first-order valence-electron chi connectivity index (χ1n) is 5.77. The summed E-state index contributed by atoms with van der Waals surface area (Å²) in [5, 5.41) is 18.3. The van der Waals surface area contributed by atoms with Crippen molar-refractivity contribution in [2.24, 2.45) is 0 Å². The average Bonchev–Trinajstić information content (AvgIpc) is 2.34. The van der Waals surface area contributed by atoms with Crippen LogP contribution in [0.3, 0.4) is 0 Å². The summed E-state index contributed by atoms with van der Waals surface area (Å²) in [4.78, 5) is 21.8. The van der Waals surface area contributed by atoms with Crippen LogP contribution >= 0.6 is 0 Å². The van der Waals surface area contributed by atoms with Crippen molar-refractivity contribution in [3.05, 3.63) is 28.3 Å². The van der Waals surface area contributed by atoms with Crippen LogP contribution in [0.1, 0.15) is 45.7 Å². The van der Waals surface area contributed by atoms with Gasteiger partial charge in [-0.05, 0) is 30.0 Å². The quantitative estimate of drug-likeness (QED) is 0.539. The van der Waals surface area contributed by atoms with E-state index in [0.29, 0.717) is 0 Å². The fraction of sp³-hybridized carbons (Fsp3) is 0.333. The Hall–Kier alpha value is -0.930. The van der Waals surface area contributed by atoms with Crippen LogP contribution in [0.5, 0.6) is 0 Å². The van der Waals surface area contributed by atoms with E-state index in [2.05, 4.69) is 0 Å². The van der Waals surface area contributed by atoms with Gasteiger partial charge in [-0.15, -0.1) is 0 Å². The SMILES string of the molecule is CCc1c(C(=O)O)cc(S(=O)(=O)O)c(CC)c1C(=O)O.[NaH]. The van der Waals surface area contributed by atoms with Gasteiger partial charge in [0.15, 0.2) is 0 Å². The maximum absolute atomic E-state index is 11.3. The molecular weight excluding hydrogens is 311 g/mol. The van der Waals surface area contributed by atoms with E-state index in [4.69, 9.17) is 9.66 Å². The minimum atomic E-state index is -4.71. The summed E-state index contributed by atoms with van der Waals surface area (Å²) in [6, 6.07) is 0.807. The Morgan fingerprint density at radius 3 is 1.81 bits per heavy atom. The summed E-state index contributed by atoms with van der Waals surface area (Å²) >= 11 is 0.